The number of hydrogen-bond donors (Lipinski definition) is 2. The average Bonchev–Trinajstić information content (AvgIpc) is 2.39. The molecule has 1 atom stereocenters. The fourth-order valence-corrected chi connectivity index (χ4v) is 1.70. The van der Waals surface area contributed by atoms with Gasteiger partial charge in [0.15, 0.2) is 5.81 Å². The molecule has 0 saturated heterocycles. The number of pyridine rings is 1. The number of aliphatic hydroxyl groups is 1. The van der Waals surface area contributed by atoms with Crippen LogP contribution in [-0.4, -0.2) is 23.7 Å². The van der Waals surface area contributed by atoms with Crippen molar-refractivity contribution in [2.24, 2.45) is 0 Å². The molecule has 0 aliphatic carbocycles. The minimum atomic E-state index is -0.859. The molecule has 1 aromatic carbocycles. The first-order chi connectivity index (χ1) is 8.68. The Morgan fingerprint density at radius 2 is 2.06 bits per heavy atom. The van der Waals surface area contributed by atoms with E-state index in [1.807, 2.05) is 0 Å². The summed E-state index contributed by atoms with van der Waals surface area (Å²) in [6.07, 6.45) is 2.34. The maximum Gasteiger partial charge on any atom is 0.201 e. The van der Waals surface area contributed by atoms with Crippen molar-refractivity contribution in [3.05, 3.63) is 59.9 Å². The standard InChI is InChI=1S/C13H11BN2O2/c14-13(18)16-11-6-2-1-5-10(11)12(17)9-4-3-7-15-8-9/h1-8,12,17H,(H,16,18). The van der Waals surface area contributed by atoms with Gasteiger partial charge >= 0.3 is 0 Å². The van der Waals surface area contributed by atoms with E-state index < -0.39 is 11.9 Å². The van der Waals surface area contributed by atoms with E-state index in [2.05, 4.69) is 10.3 Å². The van der Waals surface area contributed by atoms with E-state index in [9.17, 15) is 9.90 Å². The van der Waals surface area contributed by atoms with Crippen molar-refractivity contribution in [3.63, 3.8) is 0 Å². The zero-order chi connectivity index (χ0) is 13.0. The van der Waals surface area contributed by atoms with Crippen LogP contribution in [0.3, 0.4) is 0 Å². The van der Waals surface area contributed by atoms with Crippen LogP contribution in [0, 0.1) is 0 Å². The number of aliphatic hydroxyl groups excluding tert-OH is 1. The van der Waals surface area contributed by atoms with Crippen molar-refractivity contribution in [3.8, 4) is 0 Å². The smallest absolute Gasteiger partial charge is 0.201 e. The maximum atomic E-state index is 10.9. The highest BCUT2D eigenvalue weighted by Gasteiger charge is 2.14. The van der Waals surface area contributed by atoms with E-state index in [0.29, 0.717) is 16.8 Å². The Hall–Kier alpha value is -2.14. The number of anilines is 1. The van der Waals surface area contributed by atoms with E-state index in [1.165, 1.54) is 0 Å². The van der Waals surface area contributed by atoms with Crippen molar-refractivity contribution in [2.45, 2.75) is 6.10 Å². The average molecular weight is 238 g/mol. The molecule has 2 aromatic rings. The van der Waals surface area contributed by atoms with Gasteiger partial charge in [0, 0.05) is 29.2 Å². The highest BCUT2D eigenvalue weighted by molar-refractivity contribution is 6.60. The fourth-order valence-electron chi connectivity index (χ4n) is 1.70. The lowest BCUT2D eigenvalue weighted by Crippen LogP contribution is -2.12. The van der Waals surface area contributed by atoms with Crippen LogP contribution in [0.2, 0.25) is 0 Å². The quantitative estimate of drug-likeness (QED) is 0.802. The molecule has 0 bridgehead atoms. The third-order valence-electron chi connectivity index (χ3n) is 2.51. The lowest BCUT2D eigenvalue weighted by Gasteiger charge is -2.15. The first-order valence-corrected chi connectivity index (χ1v) is 5.42. The summed E-state index contributed by atoms with van der Waals surface area (Å²) in [4.78, 5) is 14.8. The van der Waals surface area contributed by atoms with Gasteiger partial charge in [-0.1, -0.05) is 24.3 Å². The van der Waals surface area contributed by atoms with E-state index >= 15 is 0 Å². The second kappa shape index (κ2) is 5.47. The van der Waals surface area contributed by atoms with E-state index in [1.54, 1.807) is 48.8 Å². The van der Waals surface area contributed by atoms with Gasteiger partial charge in [0.1, 0.15) is 6.10 Å². The number of carbonyl (C=O) groups is 1. The second-order valence-corrected chi connectivity index (χ2v) is 3.77. The van der Waals surface area contributed by atoms with Gasteiger partial charge in [0.25, 0.3) is 0 Å². The number of rotatable bonds is 3. The molecule has 0 aliphatic rings. The Morgan fingerprint density at radius 1 is 1.28 bits per heavy atom. The second-order valence-electron chi connectivity index (χ2n) is 3.77. The van der Waals surface area contributed by atoms with Crippen LogP contribution >= 0.6 is 0 Å². The summed E-state index contributed by atoms with van der Waals surface area (Å²) >= 11 is 0. The van der Waals surface area contributed by atoms with Gasteiger partial charge < -0.3 is 10.4 Å². The van der Waals surface area contributed by atoms with E-state index in [4.69, 9.17) is 7.85 Å². The highest BCUT2D eigenvalue weighted by Crippen LogP contribution is 2.27. The lowest BCUT2D eigenvalue weighted by molar-refractivity contribution is 0.220. The molecular formula is C13H11BN2O2. The molecule has 1 aromatic heterocycles. The molecule has 5 heteroatoms. The predicted molar refractivity (Wildman–Crippen MR) is 69.5 cm³/mol. The van der Waals surface area contributed by atoms with Crippen molar-refractivity contribution in [1.82, 2.24) is 4.98 Å². The van der Waals surface area contributed by atoms with Crippen molar-refractivity contribution >= 4 is 19.3 Å². The first-order valence-electron chi connectivity index (χ1n) is 5.42. The summed E-state index contributed by atoms with van der Waals surface area (Å²) in [5, 5.41) is 12.7. The van der Waals surface area contributed by atoms with Gasteiger partial charge in [0.2, 0.25) is 7.85 Å². The van der Waals surface area contributed by atoms with Crippen molar-refractivity contribution < 1.29 is 9.90 Å². The lowest BCUT2D eigenvalue weighted by atomic mass is 10.0. The Morgan fingerprint density at radius 3 is 2.72 bits per heavy atom. The number of para-hydroxylation sites is 1. The molecule has 88 valence electrons. The highest BCUT2D eigenvalue weighted by atomic mass is 16.3. The van der Waals surface area contributed by atoms with Crippen LogP contribution in [0.15, 0.2) is 48.8 Å². The summed E-state index contributed by atoms with van der Waals surface area (Å²) in [7, 11) is 5.09. The van der Waals surface area contributed by atoms with Crippen LogP contribution in [0.4, 0.5) is 10.5 Å². The summed E-state index contributed by atoms with van der Waals surface area (Å²) in [5.74, 6) is -0.666. The SMILES string of the molecule is [B]C(=O)Nc1ccccc1C(O)c1cccnc1. The minimum Gasteiger partial charge on any atom is -0.384 e. The van der Waals surface area contributed by atoms with Gasteiger partial charge in [-0.15, -0.1) is 0 Å². The number of nitrogens with one attached hydrogen (secondary N) is 1. The molecule has 2 rings (SSSR count). The zero-order valence-corrected chi connectivity index (χ0v) is 9.58. The first kappa shape index (κ1) is 12.3. The summed E-state index contributed by atoms with van der Waals surface area (Å²) < 4.78 is 0. The molecule has 1 unspecified atom stereocenters. The van der Waals surface area contributed by atoms with Gasteiger partial charge in [0.05, 0.1) is 0 Å². The summed E-state index contributed by atoms with van der Waals surface area (Å²) in [6.45, 7) is 0. The number of benzene rings is 1. The van der Waals surface area contributed by atoms with Crippen molar-refractivity contribution in [2.75, 3.05) is 5.32 Å². The molecule has 0 saturated carbocycles. The molecule has 2 radical (unpaired) electrons. The van der Waals surface area contributed by atoms with Crippen LogP contribution in [0.25, 0.3) is 0 Å². The predicted octanol–water partition coefficient (Wildman–Crippen LogP) is 1.86. The van der Waals surface area contributed by atoms with Gasteiger partial charge in [-0.3, -0.25) is 9.78 Å². The number of hydrogen-bond acceptors (Lipinski definition) is 3. The summed E-state index contributed by atoms with van der Waals surface area (Å²) in [6, 6.07) is 10.4. The van der Waals surface area contributed by atoms with Crippen LogP contribution < -0.4 is 5.32 Å². The topological polar surface area (TPSA) is 62.2 Å². The molecule has 1 heterocycles. The molecule has 0 spiro atoms. The van der Waals surface area contributed by atoms with Gasteiger partial charge in [-0.05, 0) is 12.1 Å². The van der Waals surface area contributed by atoms with Gasteiger partial charge in [-0.2, -0.15) is 0 Å². The van der Waals surface area contributed by atoms with Gasteiger partial charge in [-0.25, -0.2) is 0 Å². The third kappa shape index (κ3) is 2.75. The Bertz CT molecular complexity index is 546. The summed E-state index contributed by atoms with van der Waals surface area (Å²) in [5.41, 5.74) is 1.71. The van der Waals surface area contributed by atoms with E-state index in [-0.39, 0.29) is 0 Å². The number of aromatic nitrogens is 1. The normalized spacial score (nSPS) is 11.8. The molecule has 2 N–H and O–H groups in total. The van der Waals surface area contributed by atoms with Crippen LogP contribution in [0.1, 0.15) is 17.2 Å². The molecule has 0 fully saturated rings. The number of nitrogens with zero attached hydrogens (tertiary/aromatic N) is 1. The fraction of sp³-hybridized carbons (Fsp3) is 0.0769. The Balaban J connectivity index is 2.36. The molecular weight excluding hydrogens is 227 g/mol. The van der Waals surface area contributed by atoms with Crippen LogP contribution in [-0.2, 0) is 0 Å². The Kier molecular flexibility index (Phi) is 3.74. The van der Waals surface area contributed by atoms with Crippen LogP contribution in [0.5, 0.6) is 0 Å². The zero-order valence-electron chi connectivity index (χ0n) is 9.58. The number of amides is 1. The molecule has 4 nitrogen and oxygen atoms in total. The molecule has 18 heavy (non-hydrogen) atoms. The minimum absolute atomic E-state index is 0.487. The molecule has 1 amide bonds. The molecule has 0 aliphatic heterocycles. The third-order valence-corrected chi connectivity index (χ3v) is 2.51. The van der Waals surface area contributed by atoms with Crippen molar-refractivity contribution in [1.29, 1.82) is 0 Å². The Labute approximate surface area is 106 Å². The number of carbonyl (C=O) groups excluding carboxylic acids is 1. The monoisotopic (exact) mass is 238 g/mol. The maximum absolute atomic E-state index is 10.9. The largest absolute Gasteiger partial charge is 0.384 e. The van der Waals surface area contributed by atoms with E-state index in [0.717, 1.165) is 0 Å².